The zero-order valence-corrected chi connectivity index (χ0v) is 16.2. The van der Waals surface area contributed by atoms with Crippen LogP contribution in [0.15, 0.2) is 42.6 Å². The fourth-order valence-electron chi connectivity index (χ4n) is 3.06. The molecule has 0 aliphatic carbocycles. The maximum atomic E-state index is 12.6. The first-order valence-electron chi connectivity index (χ1n) is 8.59. The number of carbonyl (C=O) groups is 1. The summed E-state index contributed by atoms with van der Waals surface area (Å²) in [6.07, 6.45) is 1.80. The SMILES string of the molecule is CN(CC(=O)N1CCN(c2ccccn2)CC1)Cc1ccc(Cl)c(Cl)c1. The molecule has 2 heterocycles. The van der Waals surface area contributed by atoms with Gasteiger partial charge in [-0.25, -0.2) is 4.98 Å². The predicted molar refractivity (Wildman–Crippen MR) is 106 cm³/mol. The second kappa shape index (κ2) is 8.71. The number of amides is 1. The number of rotatable bonds is 5. The second-order valence-corrected chi connectivity index (χ2v) is 7.29. The van der Waals surface area contributed by atoms with Crippen LogP contribution in [-0.4, -0.2) is 60.5 Å². The van der Waals surface area contributed by atoms with Crippen molar-refractivity contribution in [3.05, 3.63) is 58.2 Å². The van der Waals surface area contributed by atoms with Gasteiger partial charge < -0.3 is 9.80 Å². The third-order valence-electron chi connectivity index (χ3n) is 4.45. The largest absolute Gasteiger partial charge is 0.353 e. The van der Waals surface area contributed by atoms with E-state index in [0.29, 0.717) is 23.1 Å². The molecule has 7 heteroatoms. The maximum absolute atomic E-state index is 12.6. The molecule has 1 aliphatic heterocycles. The molecule has 1 saturated heterocycles. The monoisotopic (exact) mass is 392 g/mol. The van der Waals surface area contributed by atoms with Crippen molar-refractivity contribution in [2.45, 2.75) is 6.54 Å². The summed E-state index contributed by atoms with van der Waals surface area (Å²) in [6, 6.07) is 11.5. The van der Waals surface area contributed by atoms with Crippen molar-refractivity contribution in [2.24, 2.45) is 0 Å². The van der Waals surface area contributed by atoms with E-state index in [0.717, 1.165) is 37.6 Å². The van der Waals surface area contributed by atoms with Crippen molar-refractivity contribution in [3.63, 3.8) is 0 Å². The minimum absolute atomic E-state index is 0.147. The van der Waals surface area contributed by atoms with Gasteiger partial charge in [0.15, 0.2) is 0 Å². The van der Waals surface area contributed by atoms with E-state index < -0.39 is 0 Å². The highest BCUT2D eigenvalue weighted by atomic mass is 35.5. The van der Waals surface area contributed by atoms with E-state index >= 15 is 0 Å². The Labute approximate surface area is 164 Å². The van der Waals surface area contributed by atoms with Crippen LogP contribution < -0.4 is 4.90 Å². The van der Waals surface area contributed by atoms with Crippen molar-refractivity contribution < 1.29 is 4.79 Å². The molecule has 1 aromatic carbocycles. The van der Waals surface area contributed by atoms with Crippen LogP contribution in [0, 0.1) is 0 Å². The van der Waals surface area contributed by atoms with E-state index in [1.165, 1.54) is 0 Å². The average molecular weight is 393 g/mol. The van der Waals surface area contributed by atoms with E-state index in [9.17, 15) is 4.79 Å². The number of carbonyl (C=O) groups excluding carboxylic acids is 1. The van der Waals surface area contributed by atoms with Gasteiger partial charge in [0, 0.05) is 38.9 Å². The molecular formula is C19H22Cl2N4O. The van der Waals surface area contributed by atoms with Crippen molar-refractivity contribution >= 4 is 34.9 Å². The topological polar surface area (TPSA) is 39.7 Å². The minimum Gasteiger partial charge on any atom is -0.353 e. The summed E-state index contributed by atoms with van der Waals surface area (Å²) in [4.78, 5) is 23.1. The van der Waals surface area contributed by atoms with Gasteiger partial charge in [0.1, 0.15) is 5.82 Å². The summed E-state index contributed by atoms with van der Waals surface area (Å²) in [6.45, 7) is 4.07. The van der Waals surface area contributed by atoms with Gasteiger partial charge in [-0.2, -0.15) is 0 Å². The van der Waals surface area contributed by atoms with Crippen molar-refractivity contribution in [1.29, 1.82) is 0 Å². The molecule has 138 valence electrons. The van der Waals surface area contributed by atoms with Gasteiger partial charge in [-0.15, -0.1) is 0 Å². The first-order valence-corrected chi connectivity index (χ1v) is 9.35. The third kappa shape index (κ3) is 4.87. The smallest absolute Gasteiger partial charge is 0.236 e. The van der Waals surface area contributed by atoms with Gasteiger partial charge in [0.2, 0.25) is 5.91 Å². The van der Waals surface area contributed by atoms with E-state index in [2.05, 4.69) is 9.88 Å². The molecule has 1 fully saturated rings. The van der Waals surface area contributed by atoms with Crippen LogP contribution in [0.5, 0.6) is 0 Å². The van der Waals surface area contributed by atoms with E-state index in [1.54, 1.807) is 12.3 Å². The fourth-order valence-corrected chi connectivity index (χ4v) is 3.38. The Bertz CT molecular complexity index is 748. The lowest BCUT2D eigenvalue weighted by molar-refractivity contribution is -0.132. The lowest BCUT2D eigenvalue weighted by Gasteiger charge is -2.36. The molecule has 3 rings (SSSR count). The zero-order valence-electron chi connectivity index (χ0n) is 14.7. The number of piperazine rings is 1. The molecule has 0 spiro atoms. The number of aromatic nitrogens is 1. The van der Waals surface area contributed by atoms with E-state index in [1.807, 2.05) is 47.2 Å². The Hall–Kier alpha value is -1.82. The van der Waals surface area contributed by atoms with E-state index in [-0.39, 0.29) is 5.91 Å². The number of benzene rings is 1. The highest BCUT2D eigenvalue weighted by Crippen LogP contribution is 2.23. The van der Waals surface area contributed by atoms with Crippen molar-refractivity contribution in [2.75, 3.05) is 44.7 Å². The Morgan fingerprint density at radius 1 is 1.12 bits per heavy atom. The van der Waals surface area contributed by atoms with Crippen LogP contribution in [0.1, 0.15) is 5.56 Å². The number of hydrogen-bond acceptors (Lipinski definition) is 4. The third-order valence-corrected chi connectivity index (χ3v) is 5.19. The standard InChI is InChI=1S/C19H22Cl2N4O/c1-23(13-15-5-6-16(20)17(21)12-15)14-19(26)25-10-8-24(9-11-25)18-4-2-3-7-22-18/h2-7,12H,8-11,13-14H2,1H3. The Morgan fingerprint density at radius 2 is 1.88 bits per heavy atom. The fraction of sp³-hybridized carbons (Fsp3) is 0.368. The Morgan fingerprint density at radius 3 is 2.54 bits per heavy atom. The van der Waals surface area contributed by atoms with Crippen LogP contribution in [0.25, 0.3) is 0 Å². The molecule has 1 aliphatic rings. The number of halogens is 2. The van der Waals surface area contributed by atoms with Gasteiger partial charge in [-0.05, 0) is 36.9 Å². The molecule has 2 aromatic rings. The van der Waals surface area contributed by atoms with Crippen LogP contribution in [-0.2, 0) is 11.3 Å². The predicted octanol–water partition coefficient (Wildman–Crippen LogP) is 3.17. The maximum Gasteiger partial charge on any atom is 0.236 e. The molecule has 1 aromatic heterocycles. The Balaban J connectivity index is 1.48. The van der Waals surface area contributed by atoms with Crippen LogP contribution in [0.4, 0.5) is 5.82 Å². The first kappa shape index (κ1) is 19.0. The minimum atomic E-state index is 0.147. The lowest BCUT2D eigenvalue weighted by atomic mass is 10.2. The molecule has 0 radical (unpaired) electrons. The highest BCUT2D eigenvalue weighted by molar-refractivity contribution is 6.42. The van der Waals surface area contributed by atoms with Gasteiger partial charge in [-0.3, -0.25) is 9.69 Å². The molecule has 0 atom stereocenters. The van der Waals surface area contributed by atoms with Crippen molar-refractivity contribution in [3.8, 4) is 0 Å². The van der Waals surface area contributed by atoms with Gasteiger partial charge >= 0.3 is 0 Å². The van der Waals surface area contributed by atoms with Crippen molar-refractivity contribution in [1.82, 2.24) is 14.8 Å². The molecule has 26 heavy (non-hydrogen) atoms. The highest BCUT2D eigenvalue weighted by Gasteiger charge is 2.22. The Kier molecular flexibility index (Phi) is 6.35. The zero-order chi connectivity index (χ0) is 18.5. The number of pyridine rings is 1. The molecular weight excluding hydrogens is 371 g/mol. The summed E-state index contributed by atoms with van der Waals surface area (Å²) < 4.78 is 0. The summed E-state index contributed by atoms with van der Waals surface area (Å²) in [5.74, 6) is 1.12. The molecule has 0 bridgehead atoms. The number of hydrogen-bond donors (Lipinski definition) is 0. The van der Waals surface area contributed by atoms with Crippen LogP contribution in [0.2, 0.25) is 10.0 Å². The number of likely N-dealkylation sites (N-methyl/N-ethyl adjacent to an activating group) is 1. The lowest BCUT2D eigenvalue weighted by Crippen LogP contribution is -2.51. The molecule has 5 nitrogen and oxygen atoms in total. The number of nitrogens with zero attached hydrogens (tertiary/aromatic N) is 4. The van der Waals surface area contributed by atoms with Gasteiger partial charge in [-0.1, -0.05) is 35.3 Å². The summed E-state index contributed by atoms with van der Waals surface area (Å²) >= 11 is 12.0. The average Bonchev–Trinajstić information content (AvgIpc) is 2.65. The molecule has 0 saturated carbocycles. The summed E-state index contributed by atoms with van der Waals surface area (Å²) in [5.41, 5.74) is 1.04. The van der Waals surface area contributed by atoms with Crippen LogP contribution >= 0.6 is 23.2 Å². The first-order chi connectivity index (χ1) is 12.5. The number of anilines is 1. The quantitative estimate of drug-likeness (QED) is 0.783. The second-order valence-electron chi connectivity index (χ2n) is 6.48. The summed E-state index contributed by atoms with van der Waals surface area (Å²) in [5, 5.41) is 1.08. The molecule has 0 N–H and O–H groups in total. The van der Waals surface area contributed by atoms with E-state index in [4.69, 9.17) is 23.2 Å². The van der Waals surface area contributed by atoms with Gasteiger partial charge in [0.25, 0.3) is 0 Å². The molecule has 0 unspecified atom stereocenters. The van der Waals surface area contributed by atoms with Crippen LogP contribution in [0.3, 0.4) is 0 Å². The summed E-state index contributed by atoms with van der Waals surface area (Å²) in [7, 11) is 1.94. The van der Waals surface area contributed by atoms with Gasteiger partial charge in [0.05, 0.1) is 16.6 Å². The molecule has 1 amide bonds. The normalized spacial score (nSPS) is 14.8.